The van der Waals surface area contributed by atoms with Crippen LogP contribution in [0.15, 0.2) is 42.5 Å². The van der Waals surface area contributed by atoms with Crippen molar-refractivity contribution >= 4 is 11.6 Å². The number of amides is 1. The summed E-state index contributed by atoms with van der Waals surface area (Å²) >= 11 is 0. The summed E-state index contributed by atoms with van der Waals surface area (Å²) in [5.41, 5.74) is 7.66. The average molecular weight is 286 g/mol. The molecule has 21 heavy (non-hydrogen) atoms. The Bertz CT molecular complexity index is 624. The van der Waals surface area contributed by atoms with E-state index >= 15 is 0 Å². The molecule has 0 saturated carbocycles. The first kappa shape index (κ1) is 14.9. The van der Waals surface area contributed by atoms with Crippen LogP contribution in [0.1, 0.15) is 15.9 Å². The van der Waals surface area contributed by atoms with Gasteiger partial charge in [0.05, 0.1) is 19.8 Å². The monoisotopic (exact) mass is 286 g/mol. The minimum absolute atomic E-state index is 0.258. The van der Waals surface area contributed by atoms with Gasteiger partial charge in [0.1, 0.15) is 0 Å². The molecule has 0 aromatic heterocycles. The number of ether oxygens (including phenoxy) is 2. The molecular formula is C16H18N2O3. The lowest BCUT2D eigenvalue weighted by Crippen LogP contribution is -2.13. The van der Waals surface area contributed by atoms with Crippen molar-refractivity contribution in [2.45, 2.75) is 6.54 Å². The second-order valence-corrected chi connectivity index (χ2v) is 4.40. The number of anilines is 1. The van der Waals surface area contributed by atoms with Gasteiger partial charge >= 0.3 is 0 Å². The number of hydrogen-bond acceptors (Lipinski definition) is 4. The third kappa shape index (κ3) is 3.32. The molecule has 1 amide bonds. The Labute approximate surface area is 123 Å². The van der Waals surface area contributed by atoms with Crippen LogP contribution in [0.2, 0.25) is 0 Å². The Morgan fingerprint density at radius 2 is 1.81 bits per heavy atom. The van der Waals surface area contributed by atoms with E-state index in [0.717, 1.165) is 5.56 Å². The molecule has 0 saturated heterocycles. The lowest BCUT2D eigenvalue weighted by Gasteiger charge is -2.12. The molecule has 2 rings (SSSR count). The van der Waals surface area contributed by atoms with Crippen molar-refractivity contribution in [3.05, 3.63) is 53.6 Å². The van der Waals surface area contributed by atoms with Crippen molar-refractivity contribution in [3.63, 3.8) is 0 Å². The molecule has 0 bridgehead atoms. The van der Waals surface area contributed by atoms with Crippen LogP contribution < -0.4 is 20.5 Å². The van der Waals surface area contributed by atoms with Crippen LogP contribution >= 0.6 is 0 Å². The van der Waals surface area contributed by atoms with Gasteiger partial charge in [-0.1, -0.05) is 18.2 Å². The molecule has 0 atom stereocenters. The summed E-state index contributed by atoms with van der Waals surface area (Å²) in [6.45, 7) is 0.470. The van der Waals surface area contributed by atoms with Gasteiger partial charge in [-0.15, -0.1) is 0 Å². The van der Waals surface area contributed by atoms with Gasteiger partial charge in [0.25, 0.3) is 5.91 Å². The predicted molar refractivity (Wildman–Crippen MR) is 81.8 cm³/mol. The number of rotatable bonds is 5. The molecule has 5 nitrogen and oxygen atoms in total. The third-order valence-electron chi connectivity index (χ3n) is 3.10. The molecule has 0 radical (unpaired) electrons. The van der Waals surface area contributed by atoms with Crippen LogP contribution in [0, 0.1) is 0 Å². The smallest absolute Gasteiger partial charge is 0.259 e. The highest BCUT2D eigenvalue weighted by Gasteiger charge is 2.16. The van der Waals surface area contributed by atoms with E-state index in [1.165, 1.54) is 14.2 Å². The molecule has 0 aliphatic heterocycles. The summed E-state index contributed by atoms with van der Waals surface area (Å²) in [5, 5.41) is 2.82. The minimum Gasteiger partial charge on any atom is -0.493 e. The molecule has 2 aromatic rings. The zero-order valence-electron chi connectivity index (χ0n) is 12.1. The molecular weight excluding hydrogens is 268 g/mol. The Hall–Kier alpha value is -2.53. The normalized spacial score (nSPS) is 10.0. The SMILES string of the molecule is COc1cccc(C(=O)Nc2ccc(CN)cc2)c1OC. The molecule has 0 spiro atoms. The third-order valence-corrected chi connectivity index (χ3v) is 3.10. The molecule has 0 heterocycles. The van der Waals surface area contributed by atoms with Gasteiger partial charge < -0.3 is 20.5 Å². The van der Waals surface area contributed by atoms with Crippen molar-refractivity contribution in [1.29, 1.82) is 0 Å². The van der Waals surface area contributed by atoms with Gasteiger partial charge in [-0.3, -0.25) is 4.79 Å². The largest absolute Gasteiger partial charge is 0.493 e. The topological polar surface area (TPSA) is 73.6 Å². The molecule has 2 aromatic carbocycles. The number of nitrogens with two attached hydrogens (primary N) is 1. The Morgan fingerprint density at radius 1 is 1.10 bits per heavy atom. The zero-order chi connectivity index (χ0) is 15.2. The predicted octanol–water partition coefficient (Wildman–Crippen LogP) is 2.41. The maximum Gasteiger partial charge on any atom is 0.259 e. The van der Waals surface area contributed by atoms with Gasteiger partial charge in [-0.25, -0.2) is 0 Å². The average Bonchev–Trinajstić information content (AvgIpc) is 2.54. The van der Waals surface area contributed by atoms with Crippen LogP contribution in [0.3, 0.4) is 0 Å². The second-order valence-electron chi connectivity index (χ2n) is 4.40. The van der Waals surface area contributed by atoms with Crippen LogP contribution in [0.4, 0.5) is 5.69 Å². The maximum atomic E-state index is 12.3. The van der Waals surface area contributed by atoms with E-state index in [0.29, 0.717) is 29.3 Å². The molecule has 0 aliphatic rings. The molecule has 0 aliphatic carbocycles. The van der Waals surface area contributed by atoms with E-state index in [2.05, 4.69) is 5.32 Å². The second kappa shape index (κ2) is 6.76. The van der Waals surface area contributed by atoms with Crippen molar-refractivity contribution in [3.8, 4) is 11.5 Å². The number of methoxy groups -OCH3 is 2. The van der Waals surface area contributed by atoms with Crippen LogP contribution in [0.25, 0.3) is 0 Å². The maximum absolute atomic E-state index is 12.3. The number of carbonyl (C=O) groups excluding carboxylic acids is 1. The van der Waals surface area contributed by atoms with E-state index in [1.807, 2.05) is 24.3 Å². The standard InChI is InChI=1S/C16H18N2O3/c1-20-14-5-3-4-13(15(14)21-2)16(19)18-12-8-6-11(10-17)7-9-12/h3-9H,10,17H2,1-2H3,(H,18,19). The van der Waals surface area contributed by atoms with Gasteiger partial charge in [0, 0.05) is 12.2 Å². The molecule has 3 N–H and O–H groups in total. The fourth-order valence-electron chi connectivity index (χ4n) is 1.99. The Kier molecular flexibility index (Phi) is 4.79. The zero-order valence-corrected chi connectivity index (χ0v) is 12.1. The lowest BCUT2D eigenvalue weighted by molar-refractivity contribution is 0.102. The first-order valence-corrected chi connectivity index (χ1v) is 6.51. The highest BCUT2D eigenvalue weighted by Crippen LogP contribution is 2.31. The molecule has 5 heteroatoms. The van der Waals surface area contributed by atoms with Gasteiger partial charge in [0.2, 0.25) is 0 Å². The number of benzene rings is 2. The van der Waals surface area contributed by atoms with Gasteiger partial charge in [-0.05, 0) is 29.8 Å². The number of para-hydroxylation sites is 1. The van der Waals surface area contributed by atoms with E-state index in [9.17, 15) is 4.79 Å². The van der Waals surface area contributed by atoms with E-state index < -0.39 is 0 Å². The number of hydrogen-bond donors (Lipinski definition) is 2. The molecule has 0 unspecified atom stereocenters. The minimum atomic E-state index is -0.258. The highest BCUT2D eigenvalue weighted by atomic mass is 16.5. The summed E-state index contributed by atoms with van der Waals surface area (Å²) in [7, 11) is 3.04. The van der Waals surface area contributed by atoms with Crippen molar-refractivity contribution < 1.29 is 14.3 Å². The number of carbonyl (C=O) groups is 1. The number of nitrogens with one attached hydrogen (secondary N) is 1. The van der Waals surface area contributed by atoms with E-state index in [4.69, 9.17) is 15.2 Å². The van der Waals surface area contributed by atoms with Crippen molar-refractivity contribution in [2.75, 3.05) is 19.5 Å². The summed E-state index contributed by atoms with van der Waals surface area (Å²) in [4.78, 5) is 12.3. The summed E-state index contributed by atoms with van der Waals surface area (Å²) < 4.78 is 10.4. The van der Waals surface area contributed by atoms with Crippen LogP contribution in [-0.4, -0.2) is 20.1 Å². The van der Waals surface area contributed by atoms with Crippen LogP contribution in [-0.2, 0) is 6.54 Å². The Balaban J connectivity index is 2.23. The fourth-order valence-corrected chi connectivity index (χ4v) is 1.99. The Morgan fingerprint density at radius 3 is 2.38 bits per heavy atom. The highest BCUT2D eigenvalue weighted by molar-refractivity contribution is 6.06. The van der Waals surface area contributed by atoms with Crippen molar-refractivity contribution in [1.82, 2.24) is 0 Å². The first-order valence-electron chi connectivity index (χ1n) is 6.51. The lowest BCUT2D eigenvalue weighted by atomic mass is 10.1. The molecule has 110 valence electrons. The fraction of sp³-hybridized carbons (Fsp3) is 0.188. The first-order chi connectivity index (χ1) is 10.2. The quantitative estimate of drug-likeness (QED) is 0.885. The summed E-state index contributed by atoms with van der Waals surface area (Å²) in [6.07, 6.45) is 0. The van der Waals surface area contributed by atoms with E-state index in [-0.39, 0.29) is 5.91 Å². The van der Waals surface area contributed by atoms with E-state index in [1.54, 1.807) is 18.2 Å². The summed E-state index contributed by atoms with van der Waals surface area (Å²) in [5.74, 6) is 0.672. The van der Waals surface area contributed by atoms with Crippen LogP contribution in [0.5, 0.6) is 11.5 Å². The van der Waals surface area contributed by atoms with Gasteiger partial charge in [0.15, 0.2) is 11.5 Å². The summed E-state index contributed by atoms with van der Waals surface area (Å²) in [6, 6.07) is 12.5. The van der Waals surface area contributed by atoms with Crippen molar-refractivity contribution in [2.24, 2.45) is 5.73 Å². The van der Waals surface area contributed by atoms with Gasteiger partial charge in [-0.2, -0.15) is 0 Å². The molecule has 0 fully saturated rings.